The van der Waals surface area contributed by atoms with Gasteiger partial charge in [0.05, 0.1) is 18.2 Å². The number of alkyl halides is 3. The number of benzene rings is 1. The molecular weight excluding hydrogens is 527 g/mol. The number of nitrogens with one attached hydrogen (secondary N) is 1. The van der Waals surface area contributed by atoms with Crippen LogP contribution in [0.1, 0.15) is 34.7 Å². The normalized spacial score (nSPS) is 12.6. The number of nitrogens with two attached hydrogens (primary N) is 1. The van der Waals surface area contributed by atoms with E-state index in [0.717, 1.165) is 18.3 Å². The Morgan fingerprint density at radius 2 is 1.90 bits per heavy atom. The molecule has 208 valence electrons. The summed E-state index contributed by atoms with van der Waals surface area (Å²) in [5.41, 5.74) is 7.08. The molecule has 2 amide bonds. The number of methoxy groups -OCH3 is 1. The molecule has 3 N–H and O–H groups in total. The van der Waals surface area contributed by atoms with E-state index in [1.807, 2.05) is 6.92 Å². The summed E-state index contributed by atoms with van der Waals surface area (Å²) in [5, 5.41) is 2.38. The fraction of sp³-hybridized carbons (Fsp3) is 0.222. The molecule has 0 saturated heterocycles. The summed E-state index contributed by atoms with van der Waals surface area (Å²) in [4.78, 5) is 39.6. The molecule has 0 aliphatic rings. The zero-order valence-electron chi connectivity index (χ0n) is 21.8. The maximum atomic E-state index is 13.0. The molecule has 13 heteroatoms. The summed E-state index contributed by atoms with van der Waals surface area (Å²) in [6, 6.07) is 7.43. The Kier molecular flexibility index (Phi) is 8.14. The lowest BCUT2D eigenvalue weighted by Gasteiger charge is -2.22. The maximum Gasteiger partial charge on any atom is 0.416 e. The number of anilines is 2. The first-order chi connectivity index (χ1) is 19.0. The van der Waals surface area contributed by atoms with Crippen LogP contribution in [0.2, 0.25) is 0 Å². The number of halogens is 3. The molecule has 0 saturated carbocycles. The van der Waals surface area contributed by atoms with Gasteiger partial charge in [-0.1, -0.05) is 18.2 Å². The second-order valence-corrected chi connectivity index (χ2v) is 8.79. The predicted molar refractivity (Wildman–Crippen MR) is 142 cm³/mol. The number of fused-ring (bicyclic) bond motifs is 1. The lowest BCUT2D eigenvalue weighted by atomic mass is 10.1. The first kappa shape index (κ1) is 28.2. The number of pyridine rings is 1. The molecule has 0 aliphatic heterocycles. The van der Waals surface area contributed by atoms with E-state index in [9.17, 15) is 22.8 Å². The smallest absolute Gasteiger partial charge is 0.382 e. The summed E-state index contributed by atoms with van der Waals surface area (Å²) in [6.07, 6.45) is 2.67. The minimum absolute atomic E-state index is 0.194. The number of carbonyl (C=O) groups is 2. The lowest BCUT2D eigenvalue weighted by molar-refractivity contribution is -0.137. The van der Waals surface area contributed by atoms with Crippen molar-refractivity contribution in [2.75, 3.05) is 31.8 Å². The van der Waals surface area contributed by atoms with Crippen LogP contribution in [0.25, 0.3) is 16.8 Å². The van der Waals surface area contributed by atoms with Gasteiger partial charge in [0.25, 0.3) is 5.91 Å². The molecule has 1 aromatic carbocycles. The van der Waals surface area contributed by atoms with Gasteiger partial charge < -0.3 is 20.7 Å². The quantitative estimate of drug-likeness (QED) is 0.310. The topological polar surface area (TPSA) is 128 Å². The summed E-state index contributed by atoms with van der Waals surface area (Å²) in [6.45, 7) is 2.13. The highest BCUT2D eigenvalue weighted by Crippen LogP contribution is 2.32. The Morgan fingerprint density at radius 1 is 1.18 bits per heavy atom. The second kappa shape index (κ2) is 11.5. The molecule has 0 fully saturated rings. The van der Waals surface area contributed by atoms with Gasteiger partial charge in [0, 0.05) is 50.0 Å². The van der Waals surface area contributed by atoms with Gasteiger partial charge in [-0.3, -0.25) is 14.0 Å². The zero-order chi connectivity index (χ0) is 29.0. The highest BCUT2D eigenvalue weighted by atomic mass is 19.4. The van der Waals surface area contributed by atoms with Crippen molar-refractivity contribution in [3.63, 3.8) is 0 Å². The number of carbonyl (C=O) groups excluding carboxylic acids is 2. The van der Waals surface area contributed by atoms with Gasteiger partial charge in [0.1, 0.15) is 28.7 Å². The number of likely N-dealkylation sites (N-methyl/N-ethyl adjacent to an activating group) is 1. The van der Waals surface area contributed by atoms with Crippen molar-refractivity contribution in [2.45, 2.75) is 19.1 Å². The van der Waals surface area contributed by atoms with Crippen molar-refractivity contribution in [2.24, 2.45) is 0 Å². The molecular formula is C27H26F3N7O3. The van der Waals surface area contributed by atoms with Crippen LogP contribution in [0.3, 0.4) is 0 Å². The monoisotopic (exact) mass is 553 g/mol. The molecule has 1 atom stereocenters. The van der Waals surface area contributed by atoms with Crippen LogP contribution >= 0.6 is 0 Å². The highest BCUT2D eigenvalue weighted by Gasteiger charge is 2.31. The number of ether oxygens (including phenoxy) is 1. The standard InChI is InChI=1S/C27H26F3N7O3/c1-16(36(2)21(38)5-4-14-40-3)25-35-22(23-24(31)33-12-13-37(23)25)17-6-8-18(9-7-17)26(39)34-20-15-19(10-11-32-20)27(28,29)30/h4-13,15-16H,14H2,1-3H3,(H2,31,33)(H,32,34,39)/b5-4+. The van der Waals surface area contributed by atoms with E-state index in [1.54, 1.807) is 35.9 Å². The Bertz CT molecular complexity index is 1570. The fourth-order valence-corrected chi connectivity index (χ4v) is 3.95. The molecule has 10 nitrogen and oxygen atoms in total. The van der Waals surface area contributed by atoms with Crippen molar-refractivity contribution < 1.29 is 27.5 Å². The molecule has 3 aromatic heterocycles. The molecule has 0 bridgehead atoms. The number of aromatic nitrogens is 4. The Labute approximate surface area is 227 Å². The van der Waals surface area contributed by atoms with Crippen molar-refractivity contribution >= 4 is 29.0 Å². The predicted octanol–water partition coefficient (Wildman–Crippen LogP) is 4.37. The van der Waals surface area contributed by atoms with E-state index in [4.69, 9.17) is 15.5 Å². The molecule has 40 heavy (non-hydrogen) atoms. The molecule has 4 aromatic rings. The largest absolute Gasteiger partial charge is 0.416 e. The van der Waals surface area contributed by atoms with E-state index in [1.165, 1.54) is 36.4 Å². The van der Waals surface area contributed by atoms with Crippen molar-refractivity contribution in [3.8, 4) is 11.3 Å². The van der Waals surface area contributed by atoms with E-state index in [2.05, 4.69) is 15.3 Å². The summed E-state index contributed by atoms with van der Waals surface area (Å²) >= 11 is 0. The van der Waals surface area contributed by atoms with Gasteiger partial charge in [-0.15, -0.1) is 0 Å². The highest BCUT2D eigenvalue weighted by molar-refractivity contribution is 6.04. The first-order valence-corrected chi connectivity index (χ1v) is 12.0. The first-order valence-electron chi connectivity index (χ1n) is 12.0. The molecule has 3 heterocycles. The summed E-state index contributed by atoms with van der Waals surface area (Å²) in [7, 11) is 3.19. The molecule has 0 spiro atoms. The zero-order valence-corrected chi connectivity index (χ0v) is 21.8. The van der Waals surface area contributed by atoms with E-state index in [-0.39, 0.29) is 23.1 Å². The van der Waals surface area contributed by atoms with Crippen LogP contribution in [-0.4, -0.2) is 56.8 Å². The van der Waals surface area contributed by atoms with Gasteiger partial charge in [0.2, 0.25) is 5.91 Å². The number of nitrogens with zero attached hydrogens (tertiary/aromatic N) is 5. The number of rotatable bonds is 8. The SMILES string of the molecule is COC/C=C/C(=O)N(C)C(C)c1nc(-c2ccc(C(=O)Nc3cc(C(F)(F)F)ccn3)cc2)c2c(N)nccn12. The maximum absolute atomic E-state index is 13.0. The Morgan fingerprint density at radius 3 is 2.58 bits per heavy atom. The van der Waals surface area contributed by atoms with Gasteiger partial charge in [0.15, 0.2) is 0 Å². The summed E-state index contributed by atoms with van der Waals surface area (Å²) in [5.74, 6) is -0.347. The number of amides is 2. The minimum Gasteiger partial charge on any atom is -0.382 e. The third-order valence-corrected chi connectivity index (χ3v) is 6.19. The van der Waals surface area contributed by atoms with E-state index in [0.29, 0.717) is 29.2 Å². The molecule has 4 rings (SSSR count). The lowest BCUT2D eigenvalue weighted by Crippen LogP contribution is -2.29. The van der Waals surface area contributed by atoms with Crippen LogP contribution in [0.5, 0.6) is 0 Å². The molecule has 0 aliphatic carbocycles. The number of hydrogen-bond acceptors (Lipinski definition) is 7. The number of imidazole rings is 1. The Hall–Kier alpha value is -4.78. The van der Waals surface area contributed by atoms with Gasteiger partial charge in [-0.25, -0.2) is 15.0 Å². The van der Waals surface area contributed by atoms with Gasteiger partial charge >= 0.3 is 6.18 Å². The van der Waals surface area contributed by atoms with Crippen LogP contribution in [0.4, 0.5) is 24.8 Å². The average molecular weight is 554 g/mol. The van der Waals surface area contributed by atoms with Gasteiger partial charge in [-0.2, -0.15) is 13.2 Å². The van der Waals surface area contributed by atoms with E-state index >= 15 is 0 Å². The number of hydrogen-bond donors (Lipinski definition) is 2. The van der Waals surface area contributed by atoms with Crippen molar-refractivity contribution in [3.05, 3.63) is 84.1 Å². The Balaban J connectivity index is 1.62. The fourth-order valence-electron chi connectivity index (χ4n) is 3.95. The van der Waals surface area contributed by atoms with Crippen LogP contribution in [-0.2, 0) is 15.7 Å². The van der Waals surface area contributed by atoms with E-state index < -0.39 is 23.7 Å². The van der Waals surface area contributed by atoms with Crippen molar-refractivity contribution in [1.82, 2.24) is 24.3 Å². The average Bonchev–Trinajstić information content (AvgIpc) is 3.33. The number of nitrogen functional groups attached to an aromatic ring is 1. The summed E-state index contributed by atoms with van der Waals surface area (Å²) < 4.78 is 45.7. The third-order valence-electron chi connectivity index (χ3n) is 6.19. The molecule has 1 unspecified atom stereocenters. The van der Waals surface area contributed by atoms with Crippen LogP contribution in [0, 0.1) is 0 Å². The van der Waals surface area contributed by atoms with Crippen LogP contribution < -0.4 is 11.1 Å². The van der Waals surface area contributed by atoms with Gasteiger partial charge in [-0.05, 0) is 31.2 Å². The van der Waals surface area contributed by atoms with Crippen molar-refractivity contribution in [1.29, 1.82) is 0 Å². The van der Waals surface area contributed by atoms with Crippen LogP contribution in [0.15, 0.2) is 67.1 Å². The minimum atomic E-state index is -4.56. The third kappa shape index (κ3) is 5.94. The second-order valence-electron chi connectivity index (χ2n) is 8.79. The molecule has 0 radical (unpaired) electrons.